The molecule has 1 aromatic carbocycles. The minimum absolute atomic E-state index is 0.00421. The van der Waals surface area contributed by atoms with Crippen LogP contribution in [0.2, 0.25) is 4.34 Å². The first kappa shape index (κ1) is 23.9. The highest BCUT2D eigenvalue weighted by atomic mass is 35.5. The number of nitrogens with one attached hydrogen (secondary N) is 2. The van der Waals surface area contributed by atoms with Crippen LogP contribution < -0.4 is 15.5 Å². The van der Waals surface area contributed by atoms with Gasteiger partial charge < -0.3 is 19.7 Å². The minimum Gasteiger partial charge on any atom is -0.443 e. The van der Waals surface area contributed by atoms with Gasteiger partial charge in [0.25, 0.3) is 11.8 Å². The Morgan fingerprint density at radius 1 is 1.17 bits per heavy atom. The van der Waals surface area contributed by atoms with Gasteiger partial charge in [-0.15, -0.1) is 22.9 Å². The Bertz CT molecular complexity index is 875. The fourth-order valence-electron chi connectivity index (χ4n) is 2.29. The number of hydrogen-bond donors (Lipinski definition) is 2. The number of carbonyl (C=O) groups excluding carboxylic acids is 3. The monoisotopic (exact) mass is 473 g/mol. The lowest BCUT2D eigenvalue weighted by atomic mass is 10.2. The summed E-state index contributed by atoms with van der Waals surface area (Å²) in [6.07, 6.45) is -1.44. The van der Waals surface area contributed by atoms with Gasteiger partial charge in [-0.1, -0.05) is 11.6 Å². The molecule has 30 heavy (non-hydrogen) atoms. The number of halogens is 2. The Morgan fingerprint density at radius 3 is 2.43 bits per heavy atom. The molecule has 8 nitrogen and oxygen atoms in total. The average Bonchev–Trinajstić information content (AvgIpc) is 3.17. The summed E-state index contributed by atoms with van der Waals surface area (Å²) >= 11 is 12.8. The molecule has 0 spiro atoms. The van der Waals surface area contributed by atoms with Crippen LogP contribution in [-0.2, 0) is 14.3 Å². The summed E-state index contributed by atoms with van der Waals surface area (Å²) < 4.78 is 10.6. The molecule has 1 aromatic heterocycles. The van der Waals surface area contributed by atoms with E-state index in [1.165, 1.54) is 12.0 Å². The van der Waals surface area contributed by atoms with Gasteiger partial charge in [-0.2, -0.15) is 0 Å². The van der Waals surface area contributed by atoms with Gasteiger partial charge >= 0.3 is 6.09 Å². The molecule has 2 aromatic rings. The molecule has 1 unspecified atom stereocenters. The number of thiophene rings is 1. The van der Waals surface area contributed by atoms with Crippen LogP contribution in [-0.4, -0.2) is 57.2 Å². The van der Waals surface area contributed by atoms with Crippen molar-refractivity contribution >= 4 is 63.8 Å². The van der Waals surface area contributed by atoms with Gasteiger partial charge in [0.15, 0.2) is 0 Å². The van der Waals surface area contributed by atoms with E-state index in [1.54, 1.807) is 43.4 Å². The summed E-state index contributed by atoms with van der Waals surface area (Å²) in [7, 11) is 3.07. The maximum absolute atomic E-state index is 12.1. The number of anilines is 2. The minimum atomic E-state index is -0.719. The number of methoxy groups -OCH3 is 1. The number of benzene rings is 1. The van der Waals surface area contributed by atoms with Gasteiger partial charge in [-0.25, -0.2) is 4.79 Å². The SMILES string of the molecule is COCC(=O)N(C)c1ccc(NC(=O)OC(CCl)CNC(=O)c2ccc(Cl)s2)cc1. The molecule has 2 rings (SSSR count). The van der Waals surface area contributed by atoms with Crippen LogP contribution in [0.4, 0.5) is 16.2 Å². The Balaban J connectivity index is 1.84. The van der Waals surface area contributed by atoms with E-state index in [0.717, 1.165) is 11.3 Å². The van der Waals surface area contributed by atoms with Gasteiger partial charge in [0.05, 0.1) is 21.6 Å². The van der Waals surface area contributed by atoms with Crippen molar-refractivity contribution in [1.29, 1.82) is 0 Å². The third-order valence-corrected chi connectivity index (χ3v) is 5.45. The first-order valence-electron chi connectivity index (χ1n) is 8.76. The number of hydrogen-bond acceptors (Lipinski definition) is 6. The summed E-state index contributed by atoms with van der Waals surface area (Å²) in [6.45, 7) is 0.0231. The second-order valence-corrected chi connectivity index (χ2v) is 8.08. The van der Waals surface area contributed by atoms with Crippen molar-refractivity contribution in [2.45, 2.75) is 6.10 Å². The van der Waals surface area contributed by atoms with E-state index in [1.807, 2.05) is 0 Å². The van der Waals surface area contributed by atoms with Gasteiger partial charge in [0.2, 0.25) is 0 Å². The molecular weight excluding hydrogens is 453 g/mol. The first-order valence-corrected chi connectivity index (χ1v) is 10.5. The van der Waals surface area contributed by atoms with Crippen molar-refractivity contribution < 1.29 is 23.9 Å². The lowest BCUT2D eigenvalue weighted by molar-refractivity contribution is -0.121. The summed E-state index contributed by atoms with van der Waals surface area (Å²) in [4.78, 5) is 37.9. The Morgan fingerprint density at radius 2 is 1.87 bits per heavy atom. The molecule has 0 fully saturated rings. The zero-order valence-electron chi connectivity index (χ0n) is 16.3. The van der Waals surface area contributed by atoms with E-state index in [0.29, 0.717) is 20.6 Å². The van der Waals surface area contributed by atoms with Crippen LogP contribution in [0.3, 0.4) is 0 Å². The van der Waals surface area contributed by atoms with Crippen LogP contribution in [0.25, 0.3) is 0 Å². The Hall–Kier alpha value is -2.33. The van der Waals surface area contributed by atoms with Crippen molar-refractivity contribution in [1.82, 2.24) is 5.32 Å². The van der Waals surface area contributed by atoms with Crippen LogP contribution >= 0.6 is 34.5 Å². The van der Waals surface area contributed by atoms with E-state index in [4.69, 9.17) is 32.7 Å². The quantitative estimate of drug-likeness (QED) is 0.542. The van der Waals surface area contributed by atoms with Gasteiger partial charge in [0, 0.05) is 25.5 Å². The molecule has 0 bridgehead atoms. The molecular formula is C19H21Cl2N3O5S. The predicted octanol–water partition coefficient (Wildman–Crippen LogP) is 3.60. The zero-order valence-corrected chi connectivity index (χ0v) is 18.6. The third kappa shape index (κ3) is 7.17. The number of alkyl halides is 1. The summed E-state index contributed by atoms with van der Waals surface area (Å²) in [5.41, 5.74) is 1.12. The van der Waals surface area contributed by atoms with Crippen molar-refractivity contribution in [2.75, 3.05) is 43.4 Å². The molecule has 2 N–H and O–H groups in total. The lowest BCUT2D eigenvalue weighted by Crippen LogP contribution is -2.36. The molecule has 0 saturated heterocycles. The van der Waals surface area contributed by atoms with Crippen molar-refractivity contribution in [3.05, 3.63) is 45.6 Å². The zero-order chi connectivity index (χ0) is 22.1. The predicted molar refractivity (Wildman–Crippen MR) is 118 cm³/mol. The first-order chi connectivity index (χ1) is 14.3. The third-order valence-electron chi connectivity index (χ3n) is 3.88. The van der Waals surface area contributed by atoms with Crippen LogP contribution in [0.1, 0.15) is 9.67 Å². The fraction of sp³-hybridized carbons (Fsp3) is 0.316. The molecule has 162 valence electrons. The van der Waals surface area contributed by atoms with Crippen LogP contribution in [0.5, 0.6) is 0 Å². The highest BCUT2D eigenvalue weighted by Gasteiger charge is 2.17. The number of rotatable bonds is 9. The van der Waals surface area contributed by atoms with Crippen molar-refractivity contribution in [3.8, 4) is 0 Å². The number of ether oxygens (including phenoxy) is 2. The van der Waals surface area contributed by atoms with Crippen molar-refractivity contribution in [3.63, 3.8) is 0 Å². The van der Waals surface area contributed by atoms with E-state index in [-0.39, 0.29) is 30.8 Å². The average molecular weight is 474 g/mol. The maximum atomic E-state index is 12.1. The maximum Gasteiger partial charge on any atom is 0.411 e. The molecule has 0 aliphatic carbocycles. The number of carbonyl (C=O) groups is 3. The van der Waals surface area contributed by atoms with Gasteiger partial charge in [-0.3, -0.25) is 14.9 Å². The molecule has 0 aliphatic heterocycles. The normalized spacial score (nSPS) is 11.5. The summed E-state index contributed by atoms with van der Waals surface area (Å²) in [5.74, 6) is -0.521. The number of amides is 3. The highest BCUT2D eigenvalue weighted by molar-refractivity contribution is 7.18. The van der Waals surface area contributed by atoms with E-state index in [9.17, 15) is 14.4 Å². The Kier molecular flexibility index (Phi) is 9.38. The van der Waals surface area contributed by atoms with Gasteiger partial charge in [0.1, 0.15) is 12.7 Å². The van der Waals surface area contributed by atoms with E-state index >= 15 is 0 Å². The van der Waals surface area contributed by atoms with E-state index < -0.39 is 12.2 Å². The number of nitrogens with zero attached hydrogens (tertiary/aromatic N) is 1. The molecule has 0 saturated carbocycles. The topological polar surface area (TPSA) is 97.0 Å². The molecule has 1 atom stereocenters. The highest BCUT2D eigenvalue weighted by Crippen LogP contribution is 2.21. The fourth-order valence-corrected chi connectivity index (χ4v) is 3.42. The summed E-state index contributed by atoms with van der Waals surface area (Å²) in [5, 5.41) is 5.22. The standard InChI is InChI=1S/C19H21Cl2N3O5S/c1-24(17(25)11-28-2)13-5-3-12(4-6-13)23-19(27)29-14(9-20)10-22-18(26)15-7-8-16(21)30-15/h3-8,14H,9-11H2,1-2H3,(H,22,26)(H,23,27). The van der Waals surface area contributed by atoms with Crippen LogP contribution in [0.15, 0.2) is 36.4 Å². The molecule has 1 heterocycles. The van der Waals surface area contributed by atoms with Gasteiger partial charge in [-0.05, 0) is 36.4 Å². The molecule has 0 radical (unpaired) electrons. The smallest absolute Gasteiger partial charge is 0.411 e. The Labute approximate surface area is 188 Å². The van der Waals surface area contributed by atoms with Crippen LogP contribution in [0, 0.1) is 0 Å². The molecule has 3 amide bonds. The lowest BCUT2D eigenvalue weighted by Gasteiger charge is -2.18. The second-order valence-electron chi connectivity index (χ2n) is 6.05. The molecule has 0 aliphatic rings. The second kappa shape index (κ2) is 11.8. The van der Waals surface area contributed by atoms with E-state index in [2.05, 4.69) is 10.6 Å². The summed E-state index contributed by atoms with van der Waals surface area (Å²) in [6, 6.07) is 9.84. The number of likely N-dealkylation sites (N-methyl/N-ethyl adjacent to an activating group) is 1. The largest absolute Gasteiger partial charge is 0.443 e. The van der Waals surface area contributed by atoms with Crippen molar-refractivity contribution in [2.24, 2.45) is 0 Å². The molecule has 11 heteroatoms.